The molecule has 1 amide bonds. The molecule has 4 rings (SSSR count). The van der Waals surface area contributed by atoms with Gasteiger partial charge in [-0.3, -0.25) is 14.4 Å². The number of ketones is 2. The molecule has 0 aliphatic carbocycles. The largest absolute Gasteiger partial charge is 0.345 e. The first-order valence-electron chi connectivity index (χ1n) is 10.6. The second-order valence-corrected chi connectivity index (χ2v) is 7.98. The van der Waals surface area contributed by atoms with E-state index in [1.807, 2.05) is 91.0 Å². The van der Waals surface area contributed by atoms with Crippen molar-refractivity contribution >= 4 is 17.5 Å². The second-order valence-electron chi connectivity index (χ2n) is 7.98. The number of amides is 1. The zero-order chi connectivity index (χ0) is 21.6. The average Bonchev–Trinajstić information content (AvgIpc) is 3.10. The van der Waals surface area contributed by atoms with Gasteiger partial charge in [-0.15, -0.1) is 0 Å². The van der Waals surface area contributed by atoms with E-state index >= 15 is 0 Å². The predicted molar refractivity (Wildman–Crippen MR) is 120 cm³/mol. The monoisotopic (exact) mass is 411 g/mol. The summed E-state index contributed by atoms with van der Waals surface area (Å²) in [5.74, 6) is -2.88. The minimum atomic E-state index is -1.24. The lowest BCUT2D eigenvalue weighted by atomic mass is 9.81. The molecule has 3 unspecified atom stereocenters. The van der Waals surface area contributed by atoms with Gasteiger partial charge in [0.1, 0.15) is 0 Å². The lowest BCUT2D eigenvalue weighted by molar-refractivity contribution is -0.137. The third kappa shape index (κ3) is 4.80. The number of Topliss-reactive ketones (excluding diaryl/α,β-unsaturated/α-hetero) is 2. The van der Waals surface area contributed by atoms with Gasteiger partial charge in [-0.2, -0.15) is 0 Å². The number of rotatable bonds is 8. The molecule has 31 heavy (non-hydrogen) atoms. The fourth-order valence-corrected chi connectivity index (χ4v) is 4.22. The number of nitrogens with one attached hydrogen (secondary N) is 1. The second kappa shape index (κ2) is 9.52. The molecule has 3 atom stereocenters. The van der Waals surface area contributed by atoms with Gasteiger partial charge in [0, 0.05) is 5.92 Å². The van der Waals surface area contributed by atoms with E-state index in [-0.39, 0.29) is 11.6 Å². The van der Waals surface area contributed by atoms with Crippen molar-refractivity contribution in [2.75, 3.05) is 0 Å². The van der Waals surface area contributed by atoms with Crippen LogP contribution in [0.5, 0.6) is 0 Å². The van der Waals surface area contributed by atoms with Crippen LogP contribution in [-0.2, 0) is 27.2 Å². The first-order chi connectivity index (χ1) is 15.1. The Labute approximate surface area is 182 Å². The highest BCUT2D eigenvalue weighted by Gasteiger charge is 2.47. The van der Waals surface area contributed by atoms with Gasteiger partial charge in [0.05, 0.1) is 6.04 Å². The van der Waals surface area contributed by atoms with Crippen molar-refractivity contribution in [2.45, 2.75) is 31.2 Å². The summed E-state index contributed by atoms with van der Waals surface area (Å²) in [4.78, 5) is 39.3. The maximum atomic E-state index is 13.5. The lowest BCUT2D eigenvalue weighted by Gasteiger charge is -2.19. The molecule has 4 nitrogen and oxygen atoms in total. The van der Waals surface area contributed by atoms with Crippen molar-refractivity contribution in [3.05, 3.63) is 108 Å². The molecule has 0 saturated carbocycles. The summed E-state index contributed by atoms with van der Waals surface area (Å²) in [5.41, 5.74) is 2.92. The Morgan fingerprint density at radius 1 is 0.774 bits per heavy atom. The SMILES string of the molecule is O=C1NC(CCc2ccccc2)C(=O)C1C(=O)C(Cc1ccccc1)c1ccccc1. The van der Waals surface area contributed by atoms with E-state index in [4.69, 9.17) is 0 Å². The number of benzene rings is 3. The molecule has 0 bridgehead atoms. The van der Waals surface area contributed by atoms with E-state index in [9.17, 15) is 14.4 Å². The van der Waals surface area contributed by atoms with Crippen molar-refractivity contribution in [3.63, 3.8) is 0 Å². The molecular weight excluding hydrogens is 386 g/mol. The average molecular weight is 412 g/mol. The van der Waals surface area contributed by atoms with Crippen LogP contribution in [0.3, 0.4) is 0 Å². The highest BCUT2D eigenvalue weighted by Crippen LogP contribution is 2.28. The van der Waals surface area contributed by atoms with Crippen LogP contribution >= 0.6 is 0 Å². The van der Waals surface area contributed by atoms with E-state index in [2.05, 4.69) is 5.32 Å². The number of carbonyl (C=O) groups is 3. The summed E-state index contributed by atoms with van der Waals surface area (Å²) in [6.07, 6.45) is 1.62. The number of hydrogen-bond donors (Lipinski definition) is 1. The quantitative estimate of drug-likeness (QED) is 0.572. The number of aryl methyl sites for hydroxylation is 1. The fraction of sp³-hybridized carbons (Fsp3) is 0.222. The van der Waals surface area contributed by atoms with Crippen LogP contribution in [-0.4, -0.2) is 23.5 Å². The molecule has 0 spiro atoms. The molecule has 1 aliphatic rings. The van der Waals surface area contributed by atoms with Crippen molar-refractivity contribution in [1.29, 1.82) is 0 Å². The van der Waals surface area contributed by atoms with Crippen LogP contribution in [0.2, 0.25) is 0 Å². The first kappa shape index (κ1) is 20.7. The Bertz CT molecular complexity index is 1050. The van der Waals surface area contributed by atoms with E-state index in [1.165, 1.54) is 0 Å². The Kier molecular flexibility index (Phi) is 6.37. The Balaban J connectivity index is 1.53. The van der Waals surface area contributed by atoms with Crippen molar-refractivity contribution in [1.82, 2.24) is 5.32 Å². The normalized spacial score (nSPS) is 19.1. The van der Waals surface area contributed by atoms with Crippen LogP contribution in [0.25, 0.3) is 0 Å². The molecule has 0 aromatic heterocycles. The number of hydrogen-bond acceptors (Lipinski definition) is 3. The van der Waals surface area contributed by atoms with E-state index in [0.29, 0.717) is 19.3 Å². The Hall–Kier alpha value is -3.53. The third-order valence-corrected chi connectivity index (χ3v) is 5.88. The van der Waals surface area contributed by atoms with Crippen LogP contribution in [0, 0.1) is 5.92 Å². The zero-order valence-electron chi connectivity index (χ0n) is 17.2. The highest BCUT2D eigenvalue weighted by molar-refractivity contribution is 6.25. The van der Waals surface area contributed by atoms with Crippen LogP contribution in [0.4, 0.5) is 0 Å². The molecule has 1 fully saturated rings. The highest BCUT2D eigenvalue weighted by atomic mass is 16.2. The minimum absolute atomic E-state index is 0.306. The summed E-state index contributed by atoms with van der Waals surface area (Å²) in [6.45, 7) is 0. The molecule has 0 radical (unpaired) electrons. The maximum absolute atomic E-state index is 13.5. The molecule has 1 heterocycles. The minimum Gasteiger partial charge on any atom is -0.345 e. The fourth-order valence-electron chi connectivity index (χ4n) is 4.22. The zero-order valence-corrected chi connectivity index (χ0v) is 17.2. The predicted octanol–water partition coefficient (Wildman–Crippen LogP) is 3.90. The van der Waals surface area contributed by atoms with Gasteiger partial charge in [0.25, 0.3) is 0 Å². The van der Waals surface area contributed by atoms with E-state index < -0.39 is 23.8 Å². The van der Waals surface area contributed by atoms with E-state index in [0.717, 1.165) is 16.7 Å². The summed E-state index contributed by atoms with van der Waals surface area (Å²) in [5, 5.41) is 2.77. The van der Waals surface area contributed by atoms with Crippen LogP contribution in [0.15, 0.2) is 91.0 Å². The first-order valence-corrected chi connectivity index (χ1v) is 10.6. The van der Waals surface area contributed by atoms with Crippen LogP contribution in [0.1, 0.15) is 29.0 Å². The van der Waals surface area contributed by atoms with Crippen LogP contribution < -0.4 is 5.32 Å². The smallest absolute Gasteiger partial charge is 0.238 e. The molecule has 1 aliphatic heterocycles. The summed E-state index contributed by atoms with van der Waals surface area (Å²) < 4.78 is 0. The van der Waals surface area contributed by atoms with Crippen molar-refractivity contribution in [3.8, 4) is 0 Å². The molecule has 4 heteroatoms. The van der Waals surface area contributed by atoms with E-state index in [1.54, 1.807) is 0 Å². The lowest BCUT2D eigenvalue weighted by Crippen LogP contribution is -2.33. The Morgan fingerprint density at radius 3 is 1.94 bits per heavy atom. The summed E-state index contributed by atoms with van der Waals surface area (Å²) in [6, 6.07) is 28.3. The Morgan fingerprint density at radius 2 is 1.32 bits per heavy atom. The summed E-state index contributed by atoms with van der Waals surface area (Å²) >= 11 is 0. The topological polar surface area (TPSA) is 63.2 Å². The van der Waals surface area contributed by atoms with Gasteiger partial charge >= 0.3 is 0 Å². The molecule has 156 valence electrons. The third-order valence-electron chi connectivity index (χ3n) is 5.88. The van der Waals surface area contributed by atoms with Gasteiger partial charge in [-0.05, 0) is 36.0 Å². The van der Waals surface area contributed by atoms with Gasteiger partial charge in [0.15, 0.2) is 17.5 Å². The van der Waals surface area contributed by atoms with Crippen molar-refractivity contribution < 1.29 is 14.4 Å². The molecule has 1 saturated heterocycles. The van der Waals surface area contributed by atoms with Gasteiger partial charge in [-0.1, -0.05) is 91.0 Å². The standard InChI is InChI=1S/C27H25NO3/c29-25(22(21-14-8-3-9-15-21)18-20-12-6-2-7-13-20)24-26(30)23(28-27(24)31)17-16-19-10-4-1-5-11-19/h1-15,22-24H,16-18H2,(H,28,31). The maximum Gasteiger partial charge on any atom is 0.238 e. The van der Waals surface area contributed by atoms with Crippen molar-refractivity contribution in [2.24, 2.45) is 5.92 Å². The van der Waals surface area contributed by atoms with Gasteiger partial charge in [-0.25, -0.2) is 0 Å². The molecule has 3 aromatic rings. The number of carbonyl (C=O) groups excluding carboxylic acids is 3. The molecular formula is C27H25NO3. The van der Waals surface area contributed by atoms with Gasteiger partial charge in [0.2, 0.25) is 5.91 Å². The molecule has 1 N–H and O–H groups in total. The van der Waals surface area contributed by atoms with Gasteiger partial charge < -0.3 is 5.32 Å². The molecule has 3 aromatic carbocycles. The summed E-state index contributed by atoms with van der Waals surface area (Å²) in [7, 11) is 0.